The molecule has 0 bridgehead atoms. The summed E-state index contributed by atoms with van der Waals surface area (Å²) in [4.78, 5) is 41.7. The molecule has 4 amide bonds. The summed E-state index contributed by atoms with van der Waals surface area (Å²) in [6.07, 6.45) is 2.37. The quantitative estimate of drug-likeness (QED) is 0.303. The molecular formula is C30H34N4O3S2. The van der Waals surface area contributed by atoms with Crippen molar-refractivity contribution < 1.29 is 14.4 Å². The fourth-order valence-electron chi connectivity index (χ4n) is 4.40. The molecule has 0 aromatic heterocycles. The molecule has 1 atom stereocenters. The van der Waals surface area contributed by atoms with Gasteiger partial charge >= 0.3 is 6.03 Å². The van der Waals surface area contributed by atoms with Gasteiger partial charge in [-0.15, -0.1) is 23.5 Å². The fourth-order valence-corrected chi connectivity index (χ4v) is 6.02. The van der Waals surface area contributed by atoms with E-state index in [9.17, 15) is 14.4 Å². The van der Waals surface area contributed by atoms with Crippen molar-refractivity contribution in [1.29, 1.82) is 0 Å². The van der Waals surface area contributed by atoms with Crippen LogP contribution in [0.5, 0.6) is 0 Å². The van der Waals surface area contributed by atoms with Crippen LogP contribution in [0.4, 0.5) is 10.5 Å². The van der Waals surface area contributed by atoms with E-state index in [1.54, 1.807) is 35.3 Å². The van der Waals surface area contributed by atoms with E-state index in [0.29, 0.717) is 31.8 Å². The number of fused-ring (bicyclic) bond motifs is 1. The highest BCUT2D eigenvalue weighted by atomic mass is 32.2. The molecule has 0 radical (unpaired) electrons. The number of urea groups is 1. The van der Waals surface area contributed by atoms with Crippen molar-refractivity contribution in [3.63, 3.8) is 0 Å². The third-order valence-corrected chi connectivity index (χ3v) is 8.35. The van der Waals surface area contributed by atoms with Crippen LogP contribution >= 0.6 is 23.5 Å². The molecule has 4 rings (SSSR count). The lowest BCUT2D eigenvalue weighted by atomic mass is 9.98. The molecule has 0 spiro atoms. The van der Waals surface area contributed by atoms with E-state index in [1.165, 1.54) is 0 Å². The number of carbonyl (C=O) groups is 3. The molecule has 3 aromatic rings. The zero-order valence-electron chi connectivity index (χ0n) is 22.5. The minimum atomic E-state index is -0.587. The fraction of sp³-hybridized carbons (Fsp3) is 0.300. The Balaban J connectivity index is 1.58. The van der Waals surface area contributed by atoms with Gasteiger partial charge in [0.25, 0.3) is 5.91 Å². The normalized spacial score (nSPS) is 14.8. The first kappa shape index (κ1) is 28.6. The van der Waals surface area contributed by atoms with Crippen LogP contribution in [0, 0.1) is 0 Å². The van der Waals surface area contributed by atoms with Gasteiger partial charge in [-0.25, -0.2) is 4.79 Å². The van der Waals surface area contributed by atoms with Crippen LogP contribution in [0.3, 0.4) is 0 Å². The summed E-state index contributed by atoms with van der Waals surface area (Å²) in [6, 6.07) is 21.5. The van der Waals surface area contributed by atoms with Gasteiger partial charge in [0, 0.05) is 35.1 Å². The van der Waals surface area contributed by atoms with E-state index >= 15 is 0 Å². The molecule has 0 aliphatic carbocycles. The lowest BCUT2D eigenvalue weighted by Gasteiger charge is -2.26. The molecule has 1 aliphatic rings. The van der Waals surface area contributed by atoms with Crippen molar-refractivity contribution in [3.8, 4) is 11.1 Å². The Morgan fingerprint density at radius 3 is 2.51 bits per heavy atom. The second-order valence-electron chi connectivity index (χ2n) is 9.11. The van der Waals surface area contributed by atoms with Crippen molar-refractivity contribution in [2.24, 2.45) is 0 Å². The first-order chi connectivity index (χ1) is 18.9. The zero-order valence-corrected chi connectivity index (χ0v) is 24.1. The smallest absolute Gasteiger partial charge is 0.315 e. The number of benzene rings is 3. The summed E-state index contributed by atoms with van der Waals surface area (Å²) in [6.45, 7) is 5.06. The molecule has 0 unspecified atom stereocenters. The first-order valence-corrected chi connectivity index (χ1v) is 15.2. The third kappa shape index (κ3) is 7.16. The van der Waals surface area contributed by atoms with Crippen molar-refractivity contribution in [2.45, 2.75) is 49.2 Å². The molecule has 1 aliphatic heterocycles. The lowest BCUT2D eigenvalue weighted by molar-refractivity contribution is -0.127. The monoisotopic (exact) mass is 562 g/mol. The summed E-state index contributed by atoms with van der Waals surface area (Å²) in [5.74, 6) is 0.256. The van der Waals surface area contributed by atoms with Crippen LogP contribution in [-0.2, 0) is 22.7 Å². The highest BCUT2D eigenvalue weighted by Crippen LogP contribution is 2.38. The Morgan fingerprint density at radius 2 is 1.79 bits per heavy atom. The number of rotatable bonds is 9. The molecule has 3 N–H and O–H groups in total. The number of thioether (sulfide) groups is 2. The molecule has 3 aromatic carbocycles. The van der Waals surface area contributed by atoms with E-state index in [1.807, 2.05) is 73.8 Å². The summed E-state index contributed by atoms with van der Waals surface area (Å²) in [7, 11) is 0. The molecule has 0 saturated heterocycles. The minimum absolute atomic E-state index is 0.106. The van der Waals surface area contributed by atoms with Gasteiger partial charge in [0.15, 0.2) is 0 Å². The van der Waals surface area contributed by atoms with Gasteiger partial charge in [-0.3, -0.25) is 9.59 Å². The average Bonchev–Trinajstić information content (AvgIpc) is 3.08. The molecule has 0 saturated carbocycles. The summed E-state index contributed by atoms with van der Waals surface area (Å²) in [5.41, 5.74) is 4.94. The summed E-state index contributed by atoms with van der Waals surface area (Å²) >= 11 is 3.27. The Labute approximate surface area is 238 Å². The van der Waals surface area contributed by atoms with Gasteiger partial charge in [0.05, 0.1) is 12.2 Å². The zero-order chi connectivity index (χ0) is 27.8. The van der Waals surface area contributed by atoms with Gasteiger partial charge in [-0.05, 0) is 53.6 Å². The maximum absolute atomic E-state index is 13.7. The molecule has 1 heterocycles. The maximum Gasteiger partial charge on any atom is 0.315 e. The lowest BCUT2D eigenvalue weighted by Crippen LogP contribution is -2.49. The predicted molar refractivity (Wildman–Crippen MR) is 160 cm³/mol. The molecular weight excluding hydrogens is 528 g/mol. The third-order valence-electron chi connectivity index (χ3n) is 6.48. The number of nitrogens with one attached hydrogen (secondary N) is 3. The van der Waals surface area contributed by atoms with Crippen LogP contribution < -0.4 is 20.9 Å². The van der Waals surface area contributed by atoms with E-state index in [-0.39, 0.29) is 17.8 Å². The van der Waals surface area contributed by atoms with Gasteiger partial charge in [0.1, 0.15) is 6.04 Å². The summed E-state index contributed by atoms with van der Waals surface area (Å²) < 4.78 is 0. The molecule has 204 valence electrons. The maximum atomic E-state index is 13.7. The van der Waals surface area contributed by atoms with Crippen LogP contribution in [0.25, 0.3) is 11.1 Å². The molecule has 9 heteroatoms. The number of amides is 4. The Morgan fingerprint density at radius 1 is 1.03 bits per heavy atom. The highest BCUT2D eigenvalue weighted by Gasteiger charge is 2.32. The number of hydrogen-bond donors (Lipinski definition) is 3. The Hall–Kier alpha value is -3.43. The van der Waals surface area contributed by atoms with Crippen LogP contribution in [0.2, 0.25) is 0 Å². The van der Waals surface area contributed by atoms with Gasteiger partial charge in [-0.2, -0.15) is 0 Å². The van der Waals surface area contributed by atoms with Crippen molar-refractivity contribution in [1.82, 2.24) is 16.0 Å². The van der Waals surface area contributed by atoms with E-state index in [2.05, 4.69) is 22.0 Å². The van der Waals surface area contributed by atoms with Crippen LogP contribution in [-0.4, -0.2) is 42.4 Å². The SMILES string of the molecule is CCNC(=O)NCc1ccccc1-c1ccc(CN2C(=O)[C@H](NC(=O)CC)CSc3cc(SC)ccc32)cc1. The van der Waals surface area contributed by atoms with E-state index in [4.69, 9.17) is 0 Å². The van der Waals surface area contributed by atoms with Crippen LogP contribution in [0.1, 0.15) is 31.4 Å². The van der Waals surface area contributed by atoms with Crippen molar-refractivity contribution in [2.75, 3.05) is 23.5 Å². The number of anilines is 1. The number of nitrogens with zero attached hydrogens (tertiary/aromatic N) is 1. The minimum Gasteiger partial charge on any atom is -0.343 e. The van der Waals surface area contributed by atoms with Gasteiger partial charge in [-0.1, -0.05) is 55.5 Å². The summed E-state index contributed by atoms with van der Waals surface area (Å²) in [5, 5.41) is 8.56. The highest BCUT2D eigenvalue weighted by molar-refractivity contribution is 8.00. The average molecular weight is 563 g/mol. The van der Waals surface area contributed by atoms with E-state index < -0.39 is 6.04 Å². The van der Waals surface area contributed by atoms with Crippen molar-refractivity contribution in [3.05, 3.63) is 77.9 Å². The van der Waals surface area contributed by atoms with Crippen molar-refractivity contribution >= 4 is 47.1 Å². The first-order valence-electron chi connectivity index (χ1n) is 13.0. The second-order valence-corrected chi connectivity index (χ2v) is 11.1. The van der Waals surface area contributed by atoms with Gasteiger partial charge < -0.3 is 20.9 Å². The van der Waals surface area contributed by atoms with Crippen LogP contribution in [0.15, 0.2) is 76.5 Å². The molecule has 39 heavy (non-hydrogen) atoms. The number of carbonyl (C=O) groups excluding carboxylic acids is 3. The standard InChI is InChI=1S/C30H34N4O3S2/c1-4-28(35)33-25-19-39-27-16-23(38-3)14-15-26(27)34(29(25)36)18-20-10-12-21(13-11-20)24-9-7-6-8-22(24)17-32-30(37)31-5-2/h6-16,25H,4-5,17-19H2,1-3H3,(H,33,35)(H2,31,32,37)/t25-/m1/s1. The molecule has 0 fully saturated rings. The van der Waals surface area contributed by atoms with E-state index in [0.717, 1.165) is 37.7 Å². The topological polar surface area (TPSA) is 90.5 Å². The van der Waals surface area contributed by atoms with Gasteiger partial charge in [0.2, 0.25) is 5.91 Å². The number of hydrogen-bond acceptors (Lipinski definition) is 5. The molecule has 7 nitrogen and oxygen atoms in total. The second kappa shape index (κ2) is 13.6. The Bertz CT molecular complexity index is 1330. The largest absolute Gasteiger partial charge is 0.343 e. The predicted octanol–water partition coefficient (Wildman–Crippen LogP) is 5.43. The Kier molecular flexibility index (Phi) is 9.95.